The Bertz CT molecular complexity index is 472. The van der Waals surface area contributed by atoms with Gasteiger partial charge in [0.1, 0.15) is 5.75 Å². The van der Waals surface area contributed by atoms with Crippen LogP contribution in [0.3, 0.4) is 0 Å². The van der Waals surface area contributed by atoms with Crippen molar-refractivity contribution in [3.8, 4) is 5.75 Å². The van der Waals surface area contributed by atoms with Gasteiger partial charge in [0.15, 0.2) is 0 Å². The highest BCUT2D eigenvalue weighted by Gasteiger charge is 2.07. The second-order valence-corrected chi connectivity index (χ2v) is 4.86. The fourth-order valence-electron chi connectivity index (χ4n) is 1.54. The zero-order valence-electron chi connectivity index (χ0n) is 11.4. The van der Waals surface area contributed by atoms with Gasteiger partial charge >= 0.3 is 5.97 Å². The number of benzene rings is 1. The standard InChI is InChI=1S/C14H19NO3S/c1-4-10(14(16)18-3)7-8-19-13-6-5-11(15)9-12(13)17-2/h5-7,9H,4,8,15H2,1-3H3. The summed E-state index contributed by atoms with van der Waals surface area (Å²) in [7, 11) is 3.00. The van der Waals surface area contributed by atoms with E-state index in [9.17, 15) is 4.79 Å². The smallest absolute Gasteiger partial charge is 0.333 e. The Morgan fingerprint density at radius 3 is 2.74 bits per heavy atom. The van der Waals surface area contributed by atoms with E-state index in [1.54, 1.807) is 24.9 Å². The minimum Gasteiger partial charge on any atom is -0.496 e. The highest BCUT2D eigenvalue weighted by atomic mass is 32.2. The molecule has 1 aromatic rings. The molecule has 0 aliphatic rings. The van der Waals surface area contributed by atoms with E-state index in [0.29, 0.717) is 23.4 Å². The van der Waals surface area contributed by atoms with Crippen molar-refractivity contribution >= 4 is 23.4 Å². The largest absolute Gasteiger partial charge is 0.496 e. The molecule has 0 atom stereocenters. The van der Waals surface area contributed by atoms with Crippen LogP contribution in [-0.4, -0.2) is 25.9 Å². The summed E-state index contributed by atoms with van der Waals surface area (Å²) >= 11 is 1.59. The van der Waals surface area contributed by atoms with Crippen LogP contribution in [0.2, 0.25) is 0 Å². The molecule has 0 saturated heterocycles. The lowest BCUT2D eigenvalue weighted by atomic mass is 10.2. The quantitative estimate of drug-likeness (QED) is 0.376. The number of ether oxygens (including phenoxy) is 2. The van der Waals surface area contributed by atoms with Gasteiger partial charge in [-0.15, -0.1) is 11.8 Å². The number of carbonyl (C=O) groups excluding carboxylic acids is 1. The molecule has 0 aliphatic heterocycles. The van der Waals surface area contributed by atoms with E-state index in [0.717, 1.165) is 10.6 Å². The van der Waals surface area contributed by atoms with Gasteiger partial charge in [-0.25, -0.2) is 4.79 Å². The molecule has 0 fully saturated rings. The highest BCUT2D eigenvalue weighted by molar-refractivity contribution is 7.99. The maximum atomic E-state index is 11.4. The van der Waals surface area contributed by atoms with Crippen molar-refractivity contribution in [2.45, 2.75) is 18.2 Å². The second kappa shape index (κ2) is 7.74. The average Bonchev–Trinajstić information content (AvgIpc) is 2.44. The number of methoxy groups -OCH3 is 2. The number of thioether (sulfide) groups is 1. The molecule has 0 heterocycles. The first-order valence-electron chi connectivity index (χ1n) is 5.96. The Labute approximate surface area is 118 Å². The molecule has 0 unspecified atom stereocenters. The van der Waals surface area contributed by atoms with Crippen molar-refractivity contribution in [3.05, 3.63) is 29.8 Å². The van der Waals surface area contributed by atoms with Crippen LogP contribution in [-0.2, 0) is 9.53 Å². The maximum Gasteiger partial charge on any atom is 0.333 e. The Morgan fingerprint density at radius 2 is 2.16 bits per heavy atom. The third-order valence-electron chi connectivity index (χ3n) is 2.58. The lowest BCUT2D eigenvalue weighted by Gasteiger charge is -2.08. The molecule has 0 aromatic heterocycles. The van der Waals surface area contributed by atoms with Crippen molar-refractivity contribution in [2.24, 2.45) is 0 Å². The van der Waals surface area contributed by atoms with Crippen molar-refractivity contribution in [2.75, 3.05) is 25.7 Å². The Balaban J connectivity index is 2.71. The monoisotopic (exact) mass is 281 g/mol. The van der Waals surface area contributed by atoms with Crippen LogP contribution in [0.4, 0.5) is 5.69 Å². The summed E-state index contributed by atoms with van der Waals surface area (Å²) in [5, 5.41) is 0. The maximum absolute atomic E-state index is 11.4. The molecular weight excluding hydrogens is 262 g/mol. The Kier molecular flexibility index (Phi) is 6.29. The van der Waals surface area contributed by atoms with Crippen LogP contribution in [0.15, 0.2) is 34.7 Å². The molecule has 1 aromatic carbocycles. The molecule has 0 radical (unpaired) electrons. The molecule has 0 bridgehead atoms. The van der Waals surface area contributed by atoms with Crippen LogP contribution >= 0.6 is 11.8 Å². The number of nitrogens with two attached hydrogens (primary N) is 1. The third kappa shape index (κ3) is 4.52. The summed E-state index contributed by atoms with van der Waals surface area (Å²) in [4.78, 5) is 12.4. The van der Waals surface area contributed by atoms with E-state index in [2.05, 4.69) is 0 Å². The summed E-state index contributed by atoms with van der Waals surface area (Å²) < 4.78 is 9.97. The number of carbonyl (C=O) groups is 1. The third-order valence-corrected chi connectivity index (χ3v) is 3.57. The molecule has 1 rings (SSSR count). The van der Waals surface area contributed by atoms with Gasteiger partial charge in [0.25, 0.3) is 0 Å². The van der Waals surface area contributed by atoms with E-state index in [1.165, 1.54) is 7.11 Å². The molecule has 0 amide bonds. The van der Waals surface area contributed by atoms with E-state index in [-0.39, 0.29) is 5.97 Å². The van der Waals surface area contributed by atoms with Gasteiger partial charge in [0, 0.05) is 28.0 Å². The molecule has 19 heavy (non-hydrogen) atoms. The number of rotatable bonds is 6. The first-order chi connectivity index (χ1) is 9.12. The normalized spacial score (nSPS) is 11.2. The topological polar surface area (TPSA) is 61.5 Å². The summed E-state index contributed by atoms with van der Waals surface area (Å²) in [6, 6.07) is 5.53. The summed E-state index contributed by atoms with van der Waals surface area (Å²) in [5.74, 6) is 1.15. The number of anilines is 1. The Morgan fingerprint density at radius 1 is 1.42 bits per heavy atom. The first kappa shape index (κ1) is 15.4. The Hall–Kier alpha value is -1.62. The van der Waals surface area contributed by atoms with Crippen molar-refractivity contribution in [1.29, 1.82) is 0 Å². The average molecular weight is 281 g/mol. The zero-order chi connectivity index (χ0) is 14.3. The fourth-order valence-corrected chi connectivity index (χ4v) is 2.45. The van der Waals surface area contributed by atoms with Crippen molar-refractivity contribution < 1.29 is 14.3 Å². The zero-order valence-corrected chi connectivity index (χ0v) is 12.3. The van der Waals surface area contributed by atoms with Gasteiger partial charge < -0.3 is 15.2 Å². The van der Waals surface area contributed by atoms with Gasteiger partial charge in [-0.3, -0.25) is 0 Å². The molecule has 104 valence electrons. The predicted octanol–water partition coefficient (Wildman–Crippen LogP) is 2.88. The highest BCUT2D eigenvalue weighted by Crippen LogP contribution is 2.31. The van der Waals surface area contributed by atoms with Gasteiger partial charge in [0.05, 0.1) is 14.2 Å². The van der Waals surface area contributed by atoms with E-state index >= 15 is 0 Å². The molecule has 0 saturated carbocycles. The minimum absolute atomic E-state index is 0.271. The first-order valence-corrected chi connectivity index (χ1v) is 6.94. The van der Waals surface area contributed by atoms with E-state index in [4.69, 9.17) is 15.2 Å². The molecular formula is C14H19NO3S. The summed E-state index contributed by atoms with van der Waals surface area (Å²) in [5.41, 5.74) is 7.05. The number of esters is 1. The number of hydrogen-bond donors (Lipinski definition) is 1. The summed E-state index contributed by atoms with van der Waals surface area (Å²) in [6.07, 6.45) is 2.54. The van der Waals surface area contributed by atoms with Gasteiger partial charge in [-0.2, -0.15) is 0 Å². The lowest BCUT2D eigenvalue weighted by molar-refractivity contribution is -0.136. The molecule has 0 aliphatic carbocycles. The van der Waals surface area contributed by atoms with Crippen LogP contribution < -0.4 is 10.5 Å². The lowest BCUT2D eigenvalue weighted by Crippen LogP contribution is -2.04. The predicted molar refractivity (Wildman–Crippen MR) is 78.5 cm³/mol. The van der Waals surface area contributed by atoms with Crippen LogP contribution in [0.5, 0.6) is 5.75 Å². The van der Waals surface area contributed by atoms with Crippen molar-refractivity contribution in [3.63, 3.8) is 0 Å². The fraction of sp³-hybridized carbons (Fsp3) is 0.357. The van der Waals surface area contributed by atoms with Crippen molar-refractivity contribution in [1.82, 2.24) is 0 Å². The molecule has 4 nitrogen and oxygen atoms in total. The van der Waals surface area contributed by atoms with E-state index in [1.807, 2.05) is 25.1 Å². The molecule has 0 spiro atoms. The minimum atomic E-state index is -0.271. The molecule has 2 N–H and O–H groups in total. The SMILES string of the molecule is CCC(=CCSc1ccc(N)cc1OC)C(=O)OC. The van der Waals surface area contributed by atoms with Gasteiger partial charge in [-0.05, 0) is 18.6 Å². The van der Waals surface area contributed by atoms with Gasteiger partial charge in [-0.1, -0.05) is 13.0 Å². The molecule has 5 heteroatoms. The van der Waals surface area contributed by atoms with Crippen LogP contribution in [0.1, 0.15) is 13.3 Å². The second-order valence-electron chi connectivity index (χ2n) is 3.80. The van der Waals surface area contributed by atoms with Crippen LogP contribution in [0.25, 0.3) is 0 Å². The summed E-state index contributed by atoms with van der Waals surface area (Å²) in [6.45, 7) is 1.93. The number of nitrogen functional groups attached to an aromatic ring is 1. The van der Waals surface area contributed by atoms with E-state index < -0.39 is 0 Å². The number of hydrogen-bond acceptors (Lipinski definition) is 5. The van der Waals surface area contributed by atoms with Crippen LogP contribution in [0, 0.1) is 0 Å². The van der Waals surface area contributed by atoms with Gasteiger partial charge in [0.2, 0.25) is 0 Å².